The Morgan fingerprint density at radius 3 is 2.63 bits per heavy atom. The number of benzene rings is 1. The van der Waals surface area contributed by atoms with E-state index in [0.29, 0.717) is 5.25 Å². The standard InChI is InChI=1S/C17H22F2N4OS.2ClH/c1-12(25-14-4-6-20-7-5-14)17(24,9-23-11-21-10-22-23)15-3-2-13(18)8-16(15)19;;/h2-3,8,10-12,14,20,24H,4-7,9H2,1H3;2*1H/t12-,17-;;/m1../s1. The molecule has 1 aromatic heterocycles. The number of nitrogens with one attached hydrogen (secondary N) is 1. The van der Waals surface area contributed by atoms with Crippen LogP contribution in [-0.2, 0) is 12.1 Å². The largest absolute Gasteiger partial charge is 0.382 e. The molecule has 0 radical (unpaired) electrons. The molecule has 2 heterocycles. The lowest BCUT2D eigenvalue weighted by Gasteiger charge is -2.37. The van der Waals surface area contributed by atoms with Crippen LogP contribution in [0.25, 0.3) is 0 Å². The third-order valence-electron chi connectivity index (χ3n) is 4.62. The Labute approximate surface area is 174 Å². The van der Waals surface area contributed by atoms with Crippen LogP contribution < -0.4 is 5.32 Å². The third kappa shape index (κ3) is 5.77. The van der Waals surface area contributed by atoms with Crippen molar-refractivity contribution in [3.8, 4) is 0 Å². The summed E-state index contributed by atoms with van der Waals surface area (Å²) in [5, 5.41) is 18.9. The Hall–Kier alpha value is -0.930. The minimum Gasteiger partial charge on any atom is -0.382 e. The van der Waals surface area contributed by atoms with Gasteiger partial charge in [-0.25, -0.2) is 18.4 Å². The third-order valence-corrected chi connectivity index (χ3v) is 6.28. The second-order valence-corrected chi connectivity index (χ2v) is 8.02. The van der Waals surface area contributed by atoms with E-state index in [1.165, 1.54) is 29.5 Å². The summed E-state index contributed by atoms with van der Waals surface area (Å²) in [6.45, 7) is 3.81. The van der Waals surface area contributed by atoms with Gasteiger partial charge in [-0.2, -0.15) is 16.9 Å². The smallest absolute Gasteiger partial charge is 0.137 e. The number of hydrogen-bond acceptors (Lipinski definition) is 5. The normalized spacial score (nSPS) is 18.1. The van der Waals surface area contributed by atoms with Crippen LogP contribution in [0.1, 0.15) is 25.3 Å². The molecule has 0 spiro atoms. The SMILES string of the molecule is C[C@@H](SC1CCNCC1)[C@](O)(Cn1cncn1)c1ccc(F)cc1F.Cl.Cl. The molecule has 0 amide bonds. The summed E-state index contributed by atoms with van der Waals surface area (Å²) in [6, 6.07) is 3.30. The Morgan fingerprint density at radius 2 is 2.04 bits per heavy atom. The van der Waals surface area contributed by atoms with E-state index >= 15 is 0 Å². The first-order valence-electron chi connectivity index (χ1n) is 8.35. The van der Waals surface area contributed by atoms with Crippen molar-refractivity contribution >= 4 is 36.6 Å². The monoisotopic (exact) mass is 440 g/mol. The maximum absolute atomic E-state index is 14.4. The summed E-state index contributed by atoms with van der Waals surface area (Å²) in [5.41, 5.74) is -1.44. The van der Waals surface area contributed by atoms with E-state index < -0.39 is 17.2 Å². The molecule has 3 rings (SSSR count). The average molecular weight is 441 g/mol. The van der Waals surface area contributed by atoms with Gasteiger partial charge in [0.15, 0.2) is 0 Å². The van der Waals surface area contributed by atoms with E-state index in [4.69, 9.17) is 0 Å². The van der Waals surface area contributed by atoms with Gasteiger partial charge in [0.05, 0.1) is 6.54 Å². The topological polar surface area (TPSA) is 63.0 Å². The van der Waals surface area contributed by atoms with Gasteiger partial charge < -0.3 is 10.4 Å². The number of rotatable bonds is 6. The minimum atomic E-state index is -1.53. The quantitative estimate of drug-likeness (QED) is 0.721. The highest BCUT2D eigenvalue weighted by Crippen LogP contribution is 2.39. The highest BCUT2D eigenvalue weighted by atomic mass is 35.5. The zero-order valence-electron chi connectivity index (χ0n) is 14.8. The van der Waals surface area contributed by atoms with Crippen molar-refractivity contribution in [3.63, 3.8) is 0 Å². The highest BCUT2D eigenvalue weighted by Gasteiger charge is 2.40. The summed E-state index contributed by atoms with van der Waals surface area (Å²) in [5.74, 6) is -1.41. The van der Waals surface area contributed by atoms with E-state index in [2.05, 4.69) is 15.4 Å². The molecule has 27 heavy (non-hydrogen) atoms. The van der Waals surface area contributed by atoms with Gasteiger partial charge in [-0.3, -0.25) is 0 Å². The molecule has 1 fully saturated rings. The van der Waals surface area contributed by atoms with Gasteiger partial charge in [0.25, 0.3) is 0 Å². The number of nitrogens with zero attached hydrogens (tertiary/aromatic N) is 3. The molecule has 10 heteroatoms. The van der Waals surface area contributed by atoms with Crippen LogP contribution in [0.3, 0.4) is 0 Å². The maximum atomic E-state index is 14.4. The van der Waals surface area contributed by atoms with Crippen molar-refractivity contribution in [2.24, 2.45) is 0 Å². The Balaban J connectivity index is 0.00000182. The second kappa shape index (κ2) is 10.6. The molecule has 2 aromatic rings. The molecule has 0 bridgehead atoms. The molecule has 1 saturated heterocycles. The summed E-state index contributed by atoms with van der Waals surface area (Å²) in [7, 11) is 0. The molecule has 2 atom stereocenters. The number of aliphatic hydroxyl groups is 1. The molecular weight excluding hydrogens is 417 g/mol. The minimum absolute atomic E-state index is 0. The fourth-order valence-electron chi connectivity index (χ4n) is 3.17. The first-order valence-corrected chi connectivity index (χ1v) is 9.30. The van der Waals surface area contributed by atoms with Crippen LogP contribution in [0.15, 0.2) is 30.9 Å². The fraction of sp³-hybridized carbons (Fsp3) is 0.529. The Morgan fingerprint density at radius 1 is 1.33 bits per heavy atom. The molecule has 5 nitrogen and oxygen atoms in total. The van der Waals surface area contributed by atoms with Gasteiger partial charge in [0, 0.05) is 22.1 Å². The van der Waals surface area contributed by atoms with Crippen LogP contribution in [0, 0.1) is 11.6 Å². The van der Waals surface area contributed by atoms with Gasteiger partial charge in [-0.1, -0.05) is 13.0 Å². The van der Waals surface area contributed by atoms with Gasteiger partial charge in [0.2, 0.25) is 0 Å². The lowest BCUT2D eigenvalue weighted by Crippen LogP contribution is -2.43. The van der Waals surface area contributed by atoms with Crippen LogP contribution >= 0.6 is 36.6 Å². The van der Waals surface area contributed by atoms with Crippen LogP contribution in [0.4, 0.5) is 8.78 Å². The van der Waals surface area contributed by atoms with Crippen LogP contribution in [-0.4, -0.2) is 43.5 Å². The van der Waals surface area contributed by atoms with Gasteiger partial charge in [-0.05, 0) is 32.0 Å². The van der Waals surface area contributed by atoms with Crippen molar-refractivity contribution in [2.45, 2.75) is 42.4 Å². The van der Waals surface area contributed by atoms with Gasteiger partial charge in [0.1, 0.15) is 29.9 Å². The van der Waals surface area contributed by atoms with E-state index in [-0.39, 0.29) is 42.2 Å². The van der Waals surface area contributed by atoms with Gasteiger partial charge >= 0.3 is 0 Å². The lowest BCUT2D eigenvalue weighted by molar-refractivity contribution is 0.0131. The number of piperidine rings is 1. The van der Waals surface area contributed by atoms with Crippen molar-refractivity contribution < 1.29 is 13.9 Å². The van der Waals surface area contributed by atoms with Crippen molar-refractivity contribution in [3.05, 3.63) is 48.1 Å². The molecule has 1 aliphatic rings. The summed E-state index contributed by atoms with van der Waals surface area (Å²) in [4.78, 5) is 3.88. The number of hydrogen-bond donors (Lipinski definition) is 2. The summed E-state index contributed by atoms with van der Waals surface area (Å²) >= 11 is 1.65. The van der Waals surface area contributed by atoms with Crippen molar-refractivity contribution in [1.29, 1.82) is 0 Å². The number of aromatic nitrogens is 3. The molecular formula is C17H24Cl2F2N4OS. The molecule has 2 N–H and O–H groups in total. The van der Waals surface area contributed by atoms with Crippen LogP contribution in [0.2, 0.25) is 0 Å². The Kier molecular flexibility index (Phi) is 9.44. The van der Waals surface area contributed by atoms with E-state index in [9.17, 15) is 13.9 Å². The van der Waals surface area contributed by atoms with E-state index in [1.807, 2.05) is 6.92 Å². The second-order valence-electron chi connectivity index (χ2n) is 6.37. The highest BCUT2D eigenvalue weighted by molar-refractivity contribution is 8.00. The molecule has 1 aliphatic heterocycles. The average Bonchev–Trinajstić information content (AvgIpc) is 3.08. The zero-order chi connectivity index (χ0) is 17.9. The molecule has 0 aliphatic carbocycles. The Bertz CT molecular complexity index is 704. The zero-order valence-corrected chi connectivity index (χ0v) is 17.3. The first kappa shape index (κ1) is 24.1. The first-order chi connectivity index (χ1) is 12.0. The summed E-state index contributed by atoms with van der Waals surface area (Å²) in [6.07, 6.45) is 4.85. The molecule has 1 aromatic carbocycles. The molecule has 0 saturated carbocycles. The van der Waals surface area contributed by atoms with E-state index in [0.717, 1.165) is 32.0 Å². The predicted molar refractivity (Wildman–Crippen MR) is 108 cm³/mol. The van der Waals surface area contributed by atoms with Crippen LogP contribution in [0.5, 0.6) is 0 Å². The lowest BCUT2D eigenvalue weighted by atomic mass is 9.90. The molecule has 152 valence electrons. The van der Waals surface area contributed by atoms with Gasteiger partial charge in [-0.15, -0.1) is 24.8 Å². The van der Waals surface area contributed by atoms with E-state index in [1.54, 1.807) is 11.8 Å². The van der Waals surface area contributed by atoms with Crippen molar-refractivity contribution in [1.82, 2.24) is 20.1 Å². The number of halogens is 4. The predicted octanol–water partition coefficient (Wildman–Crippen LogP) is 3.16. The fourth-order valence-corrected chi connectivity index (χ4v) is 4.68. The van der Waals surface area contributed by atoms with Crippen molar-refractivity contribution in [2.75, 3.05) is 13.1 Å². The molecule has 0 unspecified atom stereocenters. The maximum Gasteiger partial charge on any atom is 0.137 e. The summed E-state index contributed by atoms with van der Waals surface area (Å²) < 4.78 is 29.2. The number of thioether (sulfide) groups is 1.